The minimum absolute atomic E-state index is 0.0787. The van der Waals surface area contributed by atoms with Crippen LogP contribution in [-0.4, -0.2) is 4.98 Å². The van der Waals surface area contributed by atoms with Crippen LogP contribution in [-0.2, 0) is 6.18 Å². The van der Waals surface area contributed by atoms with Crippen LogP contribution >= 0.6 is 0 Å². The third kappa shape index (κ3) is 3.05. The molecule has 1 nitrogen and oxygen atoms in total. The molecule has 0 N–H and O–H groups in total. The summed E-state index contributed by atoms with van der Waals surface area (Å²) in [5, 5.41) is 0. The van der Waals surface area contributed by atoms with E-state index in [4.69, 9.17) is 0 Å². The minimum Gasteiger partial charge on any atom is -0.261 e. The zero-order valence-corrected chi connectivity index (χ0v) is 11.7. The molecule has 4 heteroatoms. The maximum absolute atomic E-state index is 12.7. The van der Waals surface area contributed by atoms with Gasteiger partial charge >= 0.3 is 6.18 Å². The van der Waals surface area contributed by atoms with Gasteiger partial charge in [-0.05, 0) is 43.2 Å². The van der Waals surface area contributed by atoms with Crippen LogP contribution in [0, 0.1) is 5.41 Å². The average Bonchev–Trinajstić information content (AvgIpc) is 2.83. The Bertz CT molecular complexity index is 481. The molecule has 0 aliphatic heterocycles. The Morgan fingerprint density at radius 3 is 2.85 bits per heavy atom. The number of pyridine rings is 1. The van der Waals surface area contributed by atoms with E-state index in [2.05, 4.69) is 18.5 Å². The van der Waals surface area contributed by atoms with E-state index in [1.807, 2.05) is 6.08 Å². The molecular formula is C16H20F3N. The Kier molecular flexibility index (Phi) is 4.21. The molecule has 2 rings (SSSR count). The lowest BCUT2D eigenvalue weighted by Crippen LogP contribution is -2.13. The summed E-state index contributed by atoms with van der Waals surface area (Å²) in [6, 6.07) is 2.24. The third-order valence-corrected chi connectivity index (χ3v) is 4.35. The summed E-state index contributed by atoms with van der Waals surface area (Å²) in [6.07, 6.45) is 3.82. The van der Waals surface area contributed by atoms with Gasteiger partial charge in [0.2, 0.25) is 0 Å². The van der Waals surface area contributed by atoms with Crippen LogP contribution in [0.4, 0.5) is 13.2 Å². The predicted molar refractivity (Wildman–Crippen MR) is 73.4 cm³/mol. The quantitative estimate of drug-likeness (QED) is 0.680. The van der Waals surface area contributed by atoms with Crippen molar-refractivity contribution in [1.29, 1.82) is 0 Å². The standard InChI is InChI=1S/C16H20F3N/c1-3-7-15(4-2)8-5-12(11-15)14-10-13(6-9-20-14)16(17,18)19/h4,6,9-10,12H,2-3,5,7-8,11H2,1H3. The van der Waals surface area contributed by atoms with E-state index < -0.39 is 11.7 Å². The predicted octanol–water partition coefficient (Wildman–Crippen LogP) is 5.34. The van der Waals surface area contributed by atoms with Crippen molar-refractivity contribution in [2.24, 2.45) is 5.41 Å². The topological polar surface area (TPSA) is 12.9 Å². The molecule has 1 aromatic heterocycles. The number of nitrogens with zero attached hydrogens (tertiary/aromatic N) is 1. The number of alkyl halides is 3. The molecule has 1 heterocycles. The molecule has 1 aliphatic carbocycles. The first-order chi connectivity index (χ1) is 9.40. The van der Waals surface area contributed by atoms with Gasteiger partial charge in [0, 0.05) is 17.8 Å². The lowest BCUT2D eigenvalue weighted by atomic mass is 9.81. The first-order valence-corrected chi connectivity index (χ1v) is 7.07. The molecule has 0 amide bonds. The summed E-state index contributed by atoms with van der Waals surface area (Å²) in [5.41, 5.74) is 0.0451. The Morgan fingerprint density at radius 1 is 1.50 bits per heavy atom. The van der Waals surface area contributed by atoms with Gasteiger partial charge in [-0.2, -0.15) is 13.2 Å². The Balaban J connectivity index is 2.20. The van der Waals surface area contributed by atoms with E-state index in [1.54, 1.807) is 0 Å². The molecule has 1 fully saturated rings. The number of hydrogen-bond acceptors (Lipinski definition) is 1. The summed E-state index contributed by atoms with van der Waals surface area (Å²) < 4.78 is 38.2. The second-order valence-electron chi connectivity index (χ2n) is 5.72. The van der Waals surface area contributed by atoms with Gasteiger partial charge in [-0.25, -0.2) is 0 Å². The number of allylic oxidation sites excluding steroid dienone is 1. The third-order valence-electron chi connectivity index (χ3n) is 4.35. The van der Waals surface area contributed by atoms with Gasteiger partial charge in [-0.15, -0.1) is 6.58 Å². The van der Waals surface area contributed by atoms with Crippen molar-refractivity contribution < 1.29 is 13.2 Å². The number of rotatable bonds is 4. The minimum atomic E-state index is -4.30. The highest BCUT2D eigenvalue weighted by Gasteiger charge is 2.38. The molecule has 0 radical (unpaired) electrons. The highest BCUT2D eigenvalue weighted by molar-refractivity contribution is 5.23. The lowest BCUT2D eigenvalue weighted by molar-refractivity contribution is -0.137. The first-order valence-electron chi connectivity index (χ1n) is 7.07. The molecule has 20 heavy (non-hydrogen) atoms. The summed E-state index contributed by atoms with van der Waals surface area (Å²) in [5.74, 6) is 0.113. The van der Waals surface area contributed by atoms with Gasteiger partial charge in [-0.3, -0.25) is 4.98 Å². The summed E-state index contributed by atoms with van der Waals surface area (Å²) in [4.78, 5) is 4.16. The monoisotopic (exact) mass is 283 g/mol. The van der Waals surface area contributed by atoms with Gasteiger partial charge < -0.3 is 0 Å². The van der Waals surface area contributed by atoms with Gasteiger partial charge in [-0.1, -0.05) is 19.4 Å². The largest absolute Gasteiger partial charge is 0.416 e. The van der Waals surface area contributed by atoms with Crippen molar-refractivity contribution in [1.82, 2.24) is 4.98 Å². The van der Waals surface area contributed by atoms with Gasteiger partial charge in [0.25, 0.3) is 0 Å². The molecule has 110 valence electrons. The zero-order chi connectivity index (χ0) is 14.8. The van der Waals surface area contributed by atoms with Crippen LogP contribution in [0.2, 0.25) is 0 Å². The Labute approximate surface area is 117 Å². The Hall–Kier alpha value is -1.32. The molecule has 0 aromatic carbocycles. The van der Waals surface area contributed by atoms with Gasteiger partial charge in [0.1, 0.15) is 0 Å². The van der Waals surface area contributed by atoms with E-state index in [-0.39, 0.29) is 11.3 Å². The van der Waals surface area contributed by atoms with Crippen LogP contribution in [0.15, 0.2) is 31.0 Å². The van der Waals surface area contributed by atoms with Crippen molar-refractivity contribution in [3.63, 3.8) is 0 Å². The maximum Gasteiger partial charge on any atom is 0.416 e. The molecule has 1 saturated carbocycles. The van der Waals surface area contributed by atoms with Gasteiger partial charge in [0.15, 0.2) is 0 Å². The van der Waals surface area contributed by atoms with Crippen LogP contribution in [0.5, 0.6) is 0 Å². The molecule has 0 spiro atoms. The van der Waals surface area contributed by atoms with Crippen molar-refractivity contribution in [3.05, 3.63) is 42.2 Å². The van der Waals surface area contributed by atoms with Crippen LogP contribution in [0.25, 0.3) is 0 Å². The van der Waals surface area contributed by atoms with E-state index in [9.17, 15) is 13.2 Å². The first kappa shape index (κ1) is 15.1. The molecule has 0 bridgehead atoms. The fourth-order valence-corrected chi connectivity index (χ4v) is 3.27. The smallest absolute Gasteiger partial charge is 0.261 e. The highest BCUT2D eigenvalue weighted by atomic mass is 19.4. The number of hydrogen-bond donors (Lipinski definition) is 0. The summed E-state index contributed by atoms with van der Waals surface area (Å²) >= 11 is 0. The Morgan fingerprint density at radius 2 is 2.25 bits per heavy atom. The van der Waals surface area contributed by atoms with Crippen LogP contribution < -0.4 is 0 Å². The van der Waals surface area contributed by atoms with Crippen molar-refractivity contribution in [3.8, 4) is 0 Å². The maximum atomic E-state index is 12.7. The summed E-state index contributed by atoms with van der Waals surface area (Å²) in [6.45, 7) is 6.04. The van der Waals surface area contributed by atoms with Crippen molar-refractivity contribution in [2.75, 3.05) is 0 Å². The second kappa shape index (κ2) is 5.58. The number of aromatic nitrogens is 1. The van der Waals surface area contributed by atoms with Crippen LogP contribution in [0.3, 0.4) is 0 Å². The van der Waals surface area contributed by atoms with Crippen molar-refractivity contribution >= 4 is 0 Å². The van der Waals surface area contributed by atoms with Gasteiger partial charge in [0.05, 0.1) is 5.56 Å². The normalized spacial score (nSPS) is 26.7. The van der Waals surface area contributed by atoms with Crippen molar-refractivity contribution in [2.45, 2.75) is 51.1 Å². The fourth-order valence-electron chi connectivity index (χ4n) is 3.27. The van der Waals surface area contributed by atoms with E-state index in [0.717, 1.165) is 38.2 Å². The molecule has 1 aliphatic rings. The SMILES string of the molecule is C=CC1(CCC)CCC(c2cc(C(F)(F)F)ccn2)C1. The lowest BCUT2D eigenvalue weighted by Gasteiger charge is -2.24. The fraction of sp³-hybridized carbons (Fsp3) is 0.562. The molecule has 2 atom stereocenters. The van der Waals surface area contributed by atoms with E-state index in [1.165, 1.54) is 12.3 Å². The van der Waals surface area contributed by atoms with Crippen LogP contribution in [0.1, 0.15) is 56.2 Å². The van der Waals surface area contributed by atoms with E-state index >= 15 is 0 Å². The summed E-state index contributed by atoms with van der Waals surface area (Å²) in [7, 11) is 0. The highest BCUT2D eigenvalue weighted by Crippen LogP contribution is 2.50. The number of halogens is 3. The molecule has 0 saturated heterocycles. The zero-order valence-electron chi connectivity index (χ0n) is 11.7. The average molecular weight is 283 g/mol. The molecule has 2 unspecified atom stereocenters. The molecule has 1 aromatic rings. The molecular weight excluding hydrogens is 263 g/mol. The van der Waals surface area contributed by atoms with E-state index in [0.29, 0.717) is 5.69 Å². The second-order valence-corrected chi connectivity index (χ2v) is 5.72.